The summed E-state index contributed by atoms with van der Waals surface area (Å²) in [5, 5.41) is 3.48. The minimum absolute atomic E-state index is 0.0167. The van der Waals surface area contributed by atoms with Gasteiger partial charge in [-0.3, -0.25) is 0 Å². The highest BCUT2D eigenvalue weighted by molar-refractivity contribution is 7.74. The van der Waals surface area contributed by atoms with Crippen molar-refractivity contribution in [3.05, 3.63) is 105 Å². The van der Waals surface area contributed by atoms with E-state index in [-0.39, 0.29) is 18.2 Å². The van der Waals surface area contributed by atoms with Gasteiger partial charge in [0.05, 0.1) is 30.3 Å². The first-order valence-corrected chi connectivity index (χ1v) is 14.8. The van der Waals surface area contributed by atoms with Crippen LogP contribution in [-0.2, 0) is 24.7 Å². The quantitative estimate of drug-likeness (QED) is 0.124. The zero-order valence-electron chi connectivity index (χ0n) is 24.8. The molecule has 0 spiro atoms. The zero-order chi connectivity index (χ0) is 35.4. The number of nitrogens with one attached hydrogen (secondary N) is 1. The summed E-state index contributed by atoms with van der Waals surface area (Å²) >= 11 is 0. The summed E-state index contributed by atoms with van der Waals surface area (Å²) in [5.41, 5.74) is -5.26. The van der Waals surface area contributed by atoms with Crippen LogP contribution in [0.25, 0.3) is 11.1 Å². The zero-order valence-corrected chi connectivity index (χ0v) is 25.7. The predicted octanol–water partition coefficient (Wildman–Crippen LogP) is 10.7. The number of nitrogen functional groups attached to an aromatic ring is 1. The molecular formula is C32H25F12N2P. The first kappa shape index (κ1) is 35.9. The van der Waals surface area contributed by atoms with Gasteiger partial charge in [0.25, 0.3) is 0 Å². The molecule has 15 heteroatoms. The van der Waals surface area contributed by atoms with Crippen LogP contribution in [0.5, 0.6) is 0 Å². The average Bonchev–Trinajstić information content (AvgIpc) is 2.87. The van der Waals surface area contributed by atoms with Crippen LogP contribution in [0, 0.1) is 27.7 Å². The normalized spacial score (nSPS) is 13.0. The highest BCUT2D eigenvalue weighted by Gasteiger charge is 2.45. The highest BCUT2D eigenvalue weighted by Crippen LogP contribution is 2.53. The Labute approximate surface area is 262 Å². The molecular weight excluding hydrogens is 671 g/mol. The van der Waals surface area contributed by atoms with Gasteiger partial charge in [0.2, 0.25) is 0 Å². The molecule has 0 atom stereocenters. The molecule has 0 saturated heterocycles. The number of benzene rings is 4. The minimum atomic E-state index is -5.71. The van der Waals surface area contributed by atoms with Gasteiger partial charge in [-0.15, -0.1) is 0 Å². The Balaban J connectivity index is 2.20. The Kier molecular flexibility index (Phi) is 9.37. The van der Waals surface area contributed by atoms with E-state index in [4.69, 9.17) is 5.73 Å². The molecule has 4 aromatic rings. The van der Waals surface area contributed by atoms with Crippen LogP contribution in [0.2, 0.25) is 0 Å². The van der Waals surface area contributed by atoms with E-state index in [0.717, 1.165) is 0 Å². The van der Waals surface area contributed by atoms with Gasteiger partial charge in [0, 0.05) is 33.1 Å². The van der Waals surface area contributed by atoms with E-state index in [1.165, 1.54) is 0 Å². The molecule has 4 rings (SSSR count). The Morgan fingerprint density at radius 3 is 1.19 bits per heavy atom. The molecule has 0 fully saturated rings. The summed E-state index contributed by atoms with van der Waals surface area (Å²) in [4.78, 5) is 0. The summed E-state index contributed by atoms with van der Waals surface area (Å²) in [6.45, 7) is 6.78. The van der Waals surface area contributed by atoms with Crippen LogP contribution < -0.4 is 21.4 Å². The first-order valence-electron chi connectivity index (χ1n) is 13.5. The molecule has 252 valence electrons. The lowest BCUT2D eigenvalue weighted by molar-refractivity contribution is -0.145. The second-order valence-corrected chi connectivity index (χ2v) is 13.0. The maximum absolute atomic E-state index is 14.6. The number of alkyl halides is 12. The van der Waals surface area contributed by atoms with Crippen molar-refractivity contribution in [2.45, 2.75) is 52.4 Å². The van der Waals surface area contributed by atoms with Crippen molar-refractivity contribution < 1.29 is 52.7 Å². The monoisotopic (exact) mass is 696 g/mol. The molecule has 0 heterocycles. The van der Waals surface area contributed by atoms with Crippen LogP contribution in [0.1, 0.15) is 44.5 Å². The van der Waals surface area contributed by atoms with E-state index in [9.17, 15) is 52.7 Å². The number of rotatable bonds is 5. The molecule has 0 aliphatic rings. The fraction of sp³-hybridized carbons (Fsp3) is 0.250. The topological polar surface area (TPSA) is 38.0 Å². The van der Waals surface area contributed by atoms with E-state index >= 15 is 0 Å². The highest BCUT2D eigenvalue weighted by atomic mass is 31.1. The number of halogens is 12. The lowest BCUT2D eigenvalue weighted by Crippen LogP contribution is -2.21. The molecule has 47 heavy (non-hydrogen) atoms. The summed E-state index contributed by atoms with van der Waals surface area (Å²) in [6, 6.07) is 9.43. The third-order valence-electron chi connectivity index (χ3n) is 6.98. The van der Waals surface area contributed by atoms with Crippen LogP contribution in [0.15, 0.2) is 60.7 Å². The molecule has 3 N–H and O–H groups in total. The maximum atomic E-state index is 14.6. The minimum Gasteiger partial charge on any atom is -0.398 e. The maximum Gasteiger partial charge on any atom is 0.417 e. The summed E-state index contributed by atoms with van der Waals surface area (Å²) in [5.74, 6) is 0. The SMILES string of the molecule is Cc1cc(C)cc(P(Nc2cc(C(F)(F)F)cc(C(F)(F)F)c2-c2c(N)cc(C(F)(F)F)cc2C(F)(F)F)c2cc(C)cc(C)c2)c1. The summed E-state index contributed by atoms with van der Waals surface area (Å²) in [7, 11) is -2.15. The molecule has 0 saturated carbocycles. The number of hydrogen-bond donors (Lipinski definition) is 2. The van der Waals surface area contributed by atoms with Crippen molar-refractivity contribution in [3.63, 3.8) is 0 Å². The molecule has 0 aromatic heterocycles. The van der Waals surface area contributed by atoms with Crippen molar-refractivity contribution in [2.24, 2.45) is 0 Å². The van der Waals surface area contributed by atoms with E-state index in [2.05, 4.69) is 5.09 Å². The Bertz CT molecular complexity index is 1730. The van der Waals surface area contributed by atoms with E-state index in [1.807, 2.05) is 0 Å². The molecule has 0 radical (unpaired) electrons. The van der Waals surface area contributed by atoms with Gasteiger partial charge < -0.3 is 10.8 Å². The van der Waals surface area contributed by atoms with Gasteiger partial charge in [-0.2, -0.15) is 52.7 Å². The predicted molar refractivity (Wildman–Crippen MR) is 158 cm³/mol. The van der Waals surface area contributed by atoms with E-state index in [1.54, 1.807) is 64.1 Å². The van der Waals surface area contributed by atoms with Gasteiger partial charge in [0.15, 0.2) is 0 Å². The Hall–Kier alpha value is -3.93. The average molecular weight is 697 g/mol. The second kappa shape index (κ2) is 12.3. The summed E-state index contributed by atoms with van der Waals surface area (Å²) in [6.07, 6.45) is -22.2. The molecule has 0 unspecified atom stereocenters. The number of hydrogen-bond acceptors (Lipinski definition) is 2. The third-order valence-corrected chi connectivity index (χ3v) is 9.00. The molecule has 2 nitrogen and oxygen atoms in total. The molecule has 0 aliphatic carbocycles. The van der Waals surface area contributed by atoms with Gasteiger partial charge in [-0.1, -0.05) is 34.4 Å². The van der Waals surface area contributed by atoms with Crippen molar-refractivity contribution in [1.29, 1.82) is 0 Å². The first-order chi connectivity index (χ1) is 21.4. The fourth-order valence-corrected chi connectivity index (χ4v) is 7.58. The lowest BCUT2D eigenvalue weighted by Gasteiger charge is -2.28. The molecule has 0 amide bonds. The smallest absolute Gasteiger partial charge is 0.398 e. The van der Waals surface area contributed by atoms with Crippen LogP contribution >= 0.6 is 8.07 Å². The lowest BCUT2D eigenvalue weighted by atomic mass is 9.89. The van der Waals surface area contributed by atoms with Gasteiger partial charge in [-0.25, -0.2) is 0 Å². The van der Waals surface area contributed by atoms with E-state index < -0.39 is 83.6 Å². The van der Waals surface area contributed by atoms with Gasteiger partial charge >= 0.3 is 24.7 Å². The number of nitrogens with two attached hydrogens (primary N) is 1. The summed E-state index contributed by atoms with van der Waals surface area (Å²) < 4.78 is 170. The van der Waals surface area contributed by atoms with Crippen molar-refractivity contribution >= 4 is 30.1 Å². The van der Waals surface area contributed by atoms with Gasteiger partial charge in [-0.05, 0) is 76.2 Å². The van der Waals surface area contributed by atoms with Crippen LogP contribution in [0.4, 0.5) is 64.1 Å². The molecule has 0 aliphatic heterocycles. The van der Waals surface area contributed by atoms with Crippen LogP contribution in [0.3, 0.4) is 0 Å². The molecule has 0 bridgehead atoms. The van der Waals surface area contributed by atoms with Crippen molar-refractivity contribution in [1.82, 2.24) is 0 Å². The Morgan fingerprint density at radius 2 is 0.830 bits per heavy atom. The fourth-order valence-electron chi connectivity index (χ4n) is 5.28. The number of aryl methyl sites for hydroxylation is 4. The second-order valence-electron chi connectivity index (χ2n) is 11.1. The Morgan fingerprint density at radius 1 is 0.468 bits per heavy atom. The van der Waals surface area contributed by atoms with Gasteiger partial charge in [0.1, 0.15) is 0 Å². The van der Waals surface area contributed by atoms with E-state index in [0.29, 0.717) is 32.9 Å². The number of anilines is 2. The largest absolute Gasteiger partial charge is 0.417 e. The molecule has 4 aromatic carbocycles. The van der Waals surface area contributed by atoms with Crippen molar-refractivity contribution in [3.8, 4) is 11.1 Å². The van der Waals surface area contributed by atoms with Crippen LogP contribution in [-0.4, -0.2) is 0 Å². The van der Waals surface area contributed by atoms with Crippen molar-refractivity contribution in [2.75, 3.05) is 10.8 Å². The third kappa shape index (κ3) is 7.97. The standard InChI is InChI=1S/C32H25F12N2P/c1-15-5-16(2)8-21(7-15)47(22-9-17(3)6-18(4)10-22)46-26-14-20(30(36,37)38)12-24(32(42,43)44)28(26)27-23(31(39,40)41)11-19(13-25(27)45)29(33,34)35/h5-14,46H,45H2,1-4H3.